The second-order valence-corrected chi connectivity index (χ2v) is 5.54. The molecule has 0 aliphatic carbocycles. The number of nitrogens with one attached hydrogen (secondary N) is 1. The predicted octanol–water partition coefficient (Wildman–Crippen LogP) is 3.29. The van der Waals surface area contributed by atoms with E-state index < -0.39 is 5.82 Å². The Hall–Kier alpha value is -2.65. The highest BCUT2D eigenvalue weighted by Crippen LogP contribution is 2.23. The van der Waals surface area contributed by atoms with Crippen molar-refractivity contribution in [3.8, 4) is 6.07 Å². The van der Waals surface area contributed by atoms with Crippen LogP contribution in [0, 0.1) is 23.0 Å². The number of hydrogen-bond acceptors (Lipinski definition) is 4. The van der Waals surface area contributed by atoms with Gasteiger partial charge in [-0.15, -0.1) is 0 Å². The minimum Gasteiger partial charge on any atom is -0.380 e. The fourth-order valence-electron chi connectivity index (χ4n) is 2.68. The molecule has 1 aliphatic rings. The molecule has 0 bridgehead atoms. The molecule has 1 aliphatic heterocycles. The first kappa shape index (κ1) is 16.2. The summed E-state index contributed by atoms with van der Waals surface area (Å²) in [6.07, 6.45) is 0. The van der Waals surface area contributed by atoms with E-state index in [-0.39, 0.29) is 11.4 Å². The van der Waals surface area contributed by atoms with E-state index in [4.69, 9.17) is 10.00 Å². The first-order chi connectivity index (χ1) is 11.7. The summed E-state index contributed by atoms with van der Waals surface area (Å²) < 4.78 is 32.8. The van der Waals surface area contributed by atoms with Gasteiger partial charge in [0.2, 0.25) is 0 Å². The summed E-state index contributed by atoms with van der Waals surface area (Å²) in [6, 6.07) is 11.0. The van der Waals surface area contributed by atoms with E-state index in [0.717, 1.165) is 5.56 Å². The molecular formula is C18H17F2N3O. The summed E-state index contributed by atoms with van der Waals surface area (Å²) in [4.78, 5) is 1.96. The number of halogens is 2. The fourth-order valence-corrected chi connectivity index (χ4v) is 2.68. The van der Waals surface area contributed by atoms with Gasteiger partial charge in [-0.3, -0.25) is 0 Å². The number of ether oxygens (including phenoxy) is 1. The smallest absolute Gasteiger partial charge is 0.146 e. The normalized spacial score (nSPS) is 14.3. The molecule has 124 valence electrons. The van der Waals surface area contributed by atoms with E-state index in [2.05, 4.69) is 5.32 Å². The van der Waals surface area contributed by atoms with Crippen molar-refractivity contribution in [2.24, 2.45) is 0 Å². The number of nitriles is 1. The molecule has 2 aromatic rings. The van der Waals surface area contributed by atoms with Gasteiger partial charge in [0.1, 0.15) is 17.7 Å². The van der Waals surface area contributed by atoms with Gasteiger partial charge < -0.3 is 15.0 Å². The van der Waals surface area contributed by atoms with Gasteiger partial charge in [-0.25, -0.2) is 8.78 Å². The van der Waals surface area contributed by atoms with Crippen LogP contribution in [0.2, 0.25) is 0 Å². The Bertz CT molecular complexity index is 767. The van der Waals surface area contributed by atoms with E-state index in [1.54, 1.807) is 6.07 Å². The molecule has 0 saturated carbocycles. The van der Waals surface area contributed by atoms with Crippen molar-refractivity contribution in [3.05, 3.63) is 59.2 Å². The molecule has 1 saturated heterocycles. The van der Waals surface area contributed by atoms with Crippen molar-refractivity contribution in [3.63, 3.8) is 0 Å². The van der Waals surface area contributed by atoms with E-state index in [1.807, 2.05) is 17.0 Å². The highest BCUT2D eigenvalue weighted by molar-refractivity contribution is 5.58. The molecule has 1 heterocycles. The number of benzene rings is 2. The zero-order valence-corrected chi connectivity index (χ0v) is 13.1. The van der Waals surface area contributed by atoms with Gasteiger partial charge >= 0.3 is 0 Å². The quantitative estimate of drug-likeness (QED) is 0.935. The lowest BCUT2D eigenvalue weighted by atomic mass is 10.1. The summed E-state index contributed by atoms with van der Waals surface area (Å²) in [7, 11) is 0. The van der Waals surface area contributed by atoms with Crippen LogP contribution in [-0.4, -0.2) is 26.3 Å². The first-order valence-electron chi connectivity index (χ1n) is 7.72. The fraction of sp³-hybridized carbons (Fsp3) is 0.278. The third-order valence-corrected chi connectivity index (χ3v) is 3.95. The lowest BCUT2D eigenvalue weighted by Crippen LogP contribution is -2.36. The summed E-state index contributed by atoms with van der Waals surface area (Å²) in [5.74, 6) is -0.742. The van der Waals surface area contributed by atoms with Crippen molar-refractivity contribution in [1.29, 1.82) is 5.26 Å². The lowest BCUT2D eigenvalue weighted by molar-refractivity contribution is 0.122. The first-order valence-corrected chi connectivity index (χ1v) is 7.72. The summed E-state index contributed by atoms with van der Waals surface area (Å²) in [5.41, 5.74) is 2.07. The lowest BCUT2D eigenvalue weighted by Gasteiger charge is -2.29. The van der Waals surface area contributed by atoms with E-state index >= 15 is 0 Å². The number of anilines is 2. The van der Waals surface area contributed by atoms with Crippen molar-refractivity contribution in [2.75, 3.05) is 36.5 Å². The third kappa shape index (κ3) is 3.63. The summed E-state index contributed by atoms with van der Waals surface area (Å²) >= 11 is 0. The van der Waals surface area contributed by atoms with Gasteiger partial charge in [-0.05, 0) is 35.9 Å². The van der Waals surface area contributed by atoms with Gasteiger partial charge in [0.05, 0.1) is 30.2 Å². The van der Waals surface area contributed by atoms with Crippen molar-refractivity contribution < 1.29 is 13.5 Å². The maximum atomic E-state index is 14.3. The average Bonchev–Trinajstić information content (AvgIpc) is 2.61. The van der Waals surface area contributed by atoms with Crippen LogP contribution < -0.4 is 10.2 Å². The third-order valence-electron chi connectivity index (χ3n) is 3.95. The largest absolute Gasteiger partial charge is 0.380 e. The Morgan fingerprint density at radius 2 is 1.92 bits per heavy atom. The monoisotopic (exact) mass is 329 g/mol. The Balaban J connectivity index is 1.70. The van der Waals surface area contributed by atoms with Gasteiger partial charge in [0.25, 0.3) is 0 Å². The van der Waals surface area contributed by atoms with Crippen LogP contribution >= 0.6 is 0 Å². The van der Waals surface area contributed by atoms with Crippen LogP contribution in [-0.2, 0) is 11.3 Å². The minimum atomic E-state index is -0.460. The molecule has 0 unspecified atom stereocenters. The molecule has 4 nitrogen and oxygen atoms in total. The number of nitrogens with zero attached hydrogens (tertiary/aromatic N) is 2. The summed E-state index contributed by atoms with van der Waals surface area (Å²) in [5, 5.41) is 12.1. The van der Waals surface area contributed by atoms with E-state index in [0.29, 0.717) is 44.2 Å². The van der Waals surface area contributed by atoms with Crippen LogP contribution in [0.4, 0.5) is 20.2 Å². The zero-order valence-electron chi connectivity index (χ0n) is 13.1. The number of hydrogen-bond donors (Lipinski definition) is 1. The molecule has 6 heteroatoms. The van der Waals surface area contributed by atoms with Crippen molar-refractivity contribution >= 4 is 11.4 Å². The molecule has 0 aromatic heterocycles. The minimum absolute atomic E-state index is 0.223. The molecular weight excluding hydrogens is 312 g/mol. The van der Waals surface area contributed by atoms with Gasteiger partial charge in [0.15, 0.2) is 0 Å². The van der Waals surface area contributed by atoms with Crippen molar-refractivity contribution in [1.82, 2.24) is 0 Å². The molecule has 1 N–H and O–H groups in total. The predicted molar refractivity (Wildman–Crippen MR) is 87.9 cm³/mol. The second kappa shape index (κ2) is 7.28. The Morgan fingerprint density at radius 3 is 2.62 bits per heavy atom. The molecule has 2 aromatic carbocycles. The maximum Gasteiger partial charge on any atom is 0.146 e. The SMILES string of the molecule is N#Cc1cc(F)ccc1NCc1ccc(N2CCOCC2)c(F)c1. The number of morpholine rings is 1. The van der Waals surface area contributed by atoms with Crippen LogP contribution in [0.5, 0.6) is 0 Å². The molecule has 0 radical (unpaired) electrons. The second-order valence-electron chi connectivity index (χ2n) is 5.54. The highest BCUT2D eigenvalue weighted by atomic mass is 19.1. The molecule has 1 fully saturated rings. The Kier molecular flexibility index (Phi) is 4.92. The molecule has 0 atom stereocenters. The maximum absolute atomic E-state index is 14.3. The van der Waals surface area contributed by atoms with Gasteiger partial charge in [0, 0.05) is 19.6 Å². The van der Waals surface area contributed by atoms with Crippen molar-refractivity contribution in [2.45, 2.75) is 6.54 Å². The standard InChI is InChI=1S/C18H17F2N3O/c19-15-2-3-17(14(10-15)11-21)22-12-13-1-4-18(16(20)9-13)23-5-7-24-8-6-23/h1-4,9-10,22H,5-8,12H2. The molecule has 24 heavy (non-hydrogen) atoms. The van der Waals surface area contributed by atoms with Crippen LogP contribution in [0.15, 0.2) is 36.4 Å². The van der Waals surface area contributed by atoms with Gasteiger partial charge in [-0.1, -0.05) is 6.07 Å². The van der Waals surface area contributed by atoms with Crippen LogP contribution in [0.25, 0.3) is 0 Å². The van der Waals surface area contributed by atoms with E-state index in [1.165, 1.54) is 24.3 Å². The molecule has 0 amide bonds. The van der Waals surface area contributed by atoms with Crippen LogP contribution in [0.1, 0.15) is 11.1 Å². The Labute approximate surface area is 139 Å². The molecule has 3 rings (SSSR count). The number of rotatable bonds is 4. The van der Waals surface area contributed by atoms with Crippen LogP contribution in [0.3, 0.4) is 0 Å². The zero-order chi connectivity index (χ0) is 16.9. The highest BCUT2D eigenvalue weighted by Gasteiger charge is 2.15. The average molecular weight is 329 g/mol. The Morgan fingerprint density at radius 1 is 1.12 bits per heavy atom. The van der Waals surface area contributed by atoms with E-state index in [9.17, 15) is 8.78 Å². The summed E-state index contributed by atoms with van der Waals surface area (Å²) in [6.45, 7) is 2.90. The molecule has 0 spiro atoms. The van der Waals surface area contributed by atoms with Gasteiger partial charge in [-0.2, -0.15) is 5.26 Å². The topological polar surface area (TPSA) is 48.3 Å².